The summed E-state index contributed by atoms with van der Waals surface area (Å²) in [5.74, 6) is 0.528. The molecule has 1 N–H and O–H groups in total. The van der Waals surface area contributed by atoms with Gasteiger partial charge in [-0.05, 0) is 38.1 Å². The number of ether oxygens (including phenoxy) is 1. The molecule has 0 bridgehead atoms. The van der Waals surface area contributed by atoms with E-state index in [1.807, 2.05) is 50.4 Å². The van der Waals surface area contributed by atoms with Crippen molar-refractivity contribution in [2.24, 2.45) is 0 Å². The van der Waals surface area contributed by atoms with Gasteiger partial charge in [0.15, 0.2) is 11.4 Å². The van der Waals surface area contributed by atoms with E-state index in [9.17, 15) is 4.79 Å². The monoisotopic (exact) mass is 324 g/mol. The van der Waals surface area contributed by atoms with Gasteiger partial charge < -0.3 is 10.1 Å². The Hall–Kier alpha value is -2.89. The molecule has 0 atom stereocenters. The van der Waals surface area contributed by atoms with Gasteiger partial charge in [-0.25, -0.2) is 4.98 Å². The van der Waals surface area contributed by atoms with Crippen LogP contribution in [0.15, 0.2) is 42.7 Å². The summed E-state index contributed by atoms with van der Waals surface area (Å²) in [6, 6.07) is 9.46. The first-order valence-electron chi connectivity index (χ1n) is 7.99. The molecule has 0 saturated carbocycles. The number of carbonyl (C=O) groups excluding carboxylic acids is 1. The van der Waals surface area contributed by atoms with Gasteiger partial charge in [0, 0.05) is 31.1 Å². The lowest BCUT2D eigenvalue weighted by molar-refractivity contribution is 0.0947. The molecule has 124 valence electrons. The number of fused-ring (bicyclic) bond motifs is 1. The van der Waals surface area contributed by atoms with Crippen LogP contribution in [-0.4, -0.2) is 33.4 Å². The van der Waals surface area contributed by atoms with Gasteiger partial charge in [-0.3, -0.25) is 14.2 Å². The lowest BCUT2D eigenvalue weighted by Gasteiger charge is -2.07. The molecule has 3 rings (SSSR count). The number of amides is 1. The van der Waals surface area contributed by atoms with Crippen molar-refractivity contribution in [3.05, 3.63) is 59.8 Å². The van der Waals surface area contributed by atoms with Crippen LogP contribution < -0.4 is 10.1 Å². The normalized spacial score (nSPS) is 10.8. The molecule has 0 aliphatic carbocycles. The summed E-state index contributed by atoms with van der Waals surface area (Å²) in [4.78, 5) is 21.3. The third-order valence-corrected chi connectivity index (χ3v) is 3.70. The highest BCUT2D eigenvalue weighted by Gasteiger charge is 2.18. The number of aromatic nitrogens is 3. The highest BCUT2D eigenvalue weighted by Crippen LogP contribution is 2.21. The summed E-state index contributed by atoms with van der Waals surface area (Å²) < 4.78 is 7.36. The van der Waals surface area contributed by atoms with Crippen molar-refractivity contribution >= 4 is 11.6 Å². The lowest BCUT2D eigenvalue weighted by Crippen LogP contribution is -2.27. The fraction of sp³-hybridized carbons (Fsp3) is 0.278. The molecule has 1 amide bonds. The second-order valence-electron chi connectivity index (χ2n) is 5.37. The van der Waals surface area contributed by atoms with Crippen LogP contribution in [0.3, 0.4) is 0 Å². The Labute approximate surface area is 140 Å². The van der Waals surface area contributed by atoms with Gasteiger partial charge in [0.05, 0.1) is 12.3 Å². The second kappa shape index (κ2) is 7.12. The lowest BCUT2D eigenvalue weighted by atomic mass is 10.2. The topological polar surface area (TPSA) is 68.5 Å². The van der Waals surface area contributed by atoms with Gasteiger partial charge in [0.2, 0.25) is 0 Å². The summed E-state index contributed by atoms with van der Waals surface area (Å²) in [5.41, 5.74) is 2.82. The van der Waals surface area contributed by atoms with E-state index in [2.05, 4.69) is 15.3 Å². The van der Waals surface area contributed by atoms with Gasteiger partial charge in [-0.15, -0.1) is 0 Å². The highest BCUT2D eigenvalue weighted by molar-refractivity contribution is 5.95. The maximum Gasteiger partial charge on any atom is 0.270 e. The predicted octanol–water partition coefficient (Wildman–Crippen LogP) is 2.41. The third-order valence-electron chi connectivity index (χ3n) is 3.70. The van der Waals surface area contributed by atoms with E-state index in [0.717, 1.165) is 5.69 Å². The molecular weight excluding hydrogens is 304 g/mol. The fourth-order valence-corrected chi connectivity index (χ4v) is 2.63. The van der Waals surface area contributed by atoms with Crippen LogP contribution in [0.2, 0.25) is 0 Å². The third kappa shape index (κ3) is 3.22. The molecule has 6 heteroatoms. The molecule has 0 spiro atoms. The second-order valence-corrected chi connectivity index (χ2v) is 5.37. The van der Waals surface area contributed by atoms with E-state index in [4.69, 9.17) is 4.74 Å². The number of hydrogen-bond donors (Lipinski definition) is 1. The van der Waals surface area contributed by atoms with Gasteiger partial charge in [0.1, 0.15) is 5.69 Å². The Morgan fingerprint density at radius 2 is 2.17 bits per heavy atom. The fourth-order valence-electron chi connectivity index (χ4n) is 2.63. The number of rotatable bonds is 6. The molecule has 3 heterocycles. The van der Waals surface area contributed by atoms with E-state index >= 15 is 0 Å². The molecule has 0 fully saturated rings. The summed E-state index contributed by atoms with van der Waals surface area (Å²) in [7, 11) is 0. The Balaban J connectivity index is 1.77. The summed E-state index contributed by atoms with van der Waals surface area (Å²) in [6.45, 7) is 4.83. The maximum absolute atomic E-state index is 12.6. The molecule has 0 unspecified atom stereocenters. The van der Waals surface area contributed by atoms with Crippen LogP contribution in [0.25, 0.3) is 5.65 Å². The molecule has 3 aromatic heterocycles. The Morgan fingerprint density at radius 3 is 2.92 bits per heavy atom. The van der Waals surface area contributed by atoms with Crippen LogP contribution in [0.1, 0.15) is 28.8 Å². The Bertz CT molecular complexity index is 843. The van der Waals surface area contributed by atoms with Gasteiger partial charge in [0.25, 0.3) is 5.91 Å². The number of imidazole rings is 1. The number of nitrogens with zero attached hydrogens (tertiary/aromatic N) is 3. The quantitative estimate of drug-likeness (QED) is 0.756. The number of carbonyl (C=O) groups is 1. The molecular formula is C18H20N4O2. The Kier molecular flexibility index (Phi) is 4.74. The zero-order valence-electron chi connectivity index (χ0n) is 13.8. The molecule has 0 aliphatic heterocycles. The SMILES string of the molecule is CCOc1cccn2c(C(=O)NCCc3ccccn3)c(C)nc12. The van der Waals surface area contributed by atoms with Crippen LogP contribution in [-0.2, 0) is 6.42 Å². The number of aryl methyl sites for hydroxylation is 1. The van der Waals surface area contributed by atoms with Crippen molar-refractivity contribution in [3.8, 4) is 5.75 Å². The van der Waals surface area contributed by atoms with Crippen molar-refractivity contribution in [2.75, 3.05) is 13.2 Å². The molecule has 3 aromatic rings. The molecule has 0 aromatic carbocycles. The maximum atomic E-state index is 12.6. The van der Waals surface area contributed by atoms with Crippen molar-refractivity contribution in [2.45, 2.75) is 20.3 Å². The van der Waals surface area contributed by atoms with Crippen LogP contribution in [0, 0.1) is 6.92 Å². The van der Waals surface area contributed by atoms with Crippen LogP contribution in [0.5, 0.6) is 5.75 Å². The first-order valence-corrected chi connectivity index (χ1v) is 7.99. The average Bonchev–Trinajstić information content (AvgIpc) is 2.93. The first-order chi connectivity index (χ1) is 11.7. The minimum Gasteiger partial charge on any atom is -0.490 e. The van der Waals surface area contributed by atoms with Gasteiger partial charge >= 0.3 is 0 Å². The van der Waals surface area contributed by atoms with E-state index in [1.54, 1.807) is 10.6 Å². The summed E-state index contributed by atoms with van der Waals surface area (Å²) >= 11 is 0. The smallest absolute Gasteiger partial charge is 0.270 e. The first kappa shape index (κ1) is 16.0. The molecule has 0 radical (unpaired) electrons. The van der Waals surface area contributed by atoms with Crippen molar-refractivity contribution < 1.29 is 9.53 Å². The van der Waals surface area contributed by atoms with E-state index in [1.165, 1.54) is 0 Å². The number of nitrogens with one attached hydrogen (secondary N) is 1. The predicted molar refractivity (Wildman–Crippen MR) is 91.4 cm³/mol. The zero-order chi connectivity index (χ0) is 16.9. The number of pyridine rings is 2. The molecule has 0 saturated heterocycles. The van der Waals surface area contributed by atoms with Crippen LogP contribution in [0.4, 0.5) is 0 Å². The molecule has 0 aliphatic rings. The van der Waals surface area contributed by atoms with E-state index < -0.39 is 0 Å². The largest absolute Gasteiger partial charge is 0.490 e. The minimum absolute atomic E-state index is 0.149. The minimum atomic E-state index is -0.149. The average molecular weight is 324 g/mol. The number of hydrogen-bond acceptors (Lipinski definition) is 4. The van der Waals surface area contributed by atoms with Crippen molar-refractivity contribution in [1.29, 1.82) is 0 Å². The van der Waals surface area contributed by atoms with Gasteiger partial charge in [-0.1, -0.05) is 6.07 Å². The molecule has 6 nitrogen and oxygen atoms in total. The van der Waals surface area contributed by atoms with Crippen molar-refractivity contribution in [3.63, 3.8) is 0 Å². The van der Waals surface area contributed by atoms with E-state index in [-0.39, 0.29) is 5.91 Å². The van der Waals surface area contributed by atoms with Gasteiger partial charge in [-0.2, -0.15) is 0 Å². The highest BCUT2D eigenvalue weighted by atomic mass is 16.5. The summed E-state index contributed by atoms with van der Waals surface area (Å²) in [5, 5.41) is 2.94. The van der Waals surface area contributed by atoms with Crippen molar-refractivity contribution in [1.82, 2.24) is 19.7 Å². The Morgan fingerprint density at radius 1 is 1.29 bits per heavy atom. The summed E-state index contributed by atoms with van der Waals surface area (Å²) in [6.07, 6.45) is 4.26. The molecule has 24 heavy (non-hydrogen) atoms. The van der Waals surface area contributed by atoms with E-state index in [0.29, 0.717) is 42.4 Å². The zero-order valence-corrected chi connectivity index (χ0v) is 13.8. The van der Waals surface area contributed by atoms with Crippen LogP contribution >= 0.6 is 0 Å². The standard InChI is InChI=1S/C18H20N4O2/c1-3-24-15-8-6-12-22-16(13(2)21-17(15)22)18(23)20-11-9-14-7-4-5-10-19-14/h4-8,10,12H,3,9,11H2,1-2H3,(H,20,23).